The van der Waals surface area contributed by atoms with Crippen LogP contribution in [0.1, 0.15) is 30.0 Å². The first kappa shape index (κ1) is 22.0. The first-order valence-corrected chi connectivity index (χ1v) is 10.7. The van der Waals surface area contributed by atoms with Crippen LogP contribution in [-0.4, -0.2) is 30.9 Å². The van der Waals surface area contributed by atoms with E-state index in [9.17, 15) is 14.4 Å². The zero-order valence-corrected chi connectivity index (χ0v) is 18.9. The van der Waals surface area contributed by atoms with E-state index in [-0.39, 0.29) is 25.5 Å². The molecule has 0 saturated carbocycles. The van der Waals surface area contributed by atoms with Crippen molar-refractivity contribution < 1.29 is 19.1 Å². The lowest BCUT2D eigenvalue weighted by atomic mass is 10.1. The van der Waals surface area contributed by atoms with Crippen molar-refractivity contribution in [2.24, 2.45) is 5.92 Å². The van der Waals surface area contributed by atoms with Crippen molar-refractivity contribution in [3.8, 4) is 0 Å². The summed E-state index contributed by atoms with van der Waals surface area (Å²) in [5.74, 6) is -1.64. The number of ether oxygens (including phenoxy) is 1. The molecular formula is C23H25BrN2O4. The van der Waals surface area contributed by atoms with Crippen molar-refractivity contribution in [1.29, 1.82) is 0 Å². The van der Waals surface area contributed by atoms with Gasteiger partial charge in [-0.15, -0.1) is 0 Å². The first-order valence-electron chi connectivity index (χ1n) is 9.91. The highest BCUT2D eigenvalue weighted by Gasteiger charge is 2.36. The van der Waals surface area contributed by atoms with Gasteiger partial charge >= 0.3 is 5.97 Å². The second-order valence-electron chi connectivity index (χ2n) is 7.50. The zero-order valence-electron chi connectivity index (χ0n) is 17.3. The Balaban J connectivity index is 1.55. The van der Waals surface area contributed by atoms with Crippen molar-refractivity contribution >= 4 is 45.1 Å². The molecule has 1 saturated heterocycles. The Morgan fingerprint density at radius 1 is 1.17 bits per heavy atom. The molecule has 1 aliphatic rings. The summed E-state index contributed by atoms with van der Waals surface area (Å²) >= 11 is 3.42. The third kappa shape index (κ3) is 5.08. The molecule has 2 aromatic carbocycles. The minimum Gasteiger partial charge on any atom is -0.455 e. The fourth-order valence-corrected chi connectivity index (χ4v) is 4.25. The summed E-state index contributed by atoms with van der Waals surface area (Å²) in [6, 6.07) is 11.5. The second-order valence-corrected chi connectivity index (χ2v) is 8.41. The van der Waals surface area contributed by atoms with Gasteiger partial charge in [0.15, 0.2) is 6.61 Å². The van der Waals surface area contributed by atoms with E-state index in [0.29, 0.717) is 5.69 Å². The highest BCUT2D eigenvalue weighted by molar-refractivity contribution is 9.10. The summed E-state index contributed by atoms with van der Waals surface area (Å²) in [6.45, 7) is 5.73. The van der Waals surface area contributed by atoms with Gasteiger partial charge in [0.1, 0.15) is 0 Å². The topological polar surface area (TPSA) is 75.7 Å². The molecule has 2 amide bonds. The lowest BCUT2D eigenvalue weighted by Crippen LogP contribution is -2.28. The minimum absolute atomic E-state index is 0.0842. The van der Waals surface area contributed by atoms with E-state index in [1.807, 2.05) is 50.2 Å². The quantitative estimate of drug-likeness (QED) is 0.640. The van der Waals surface area contributed by atoms with Gasteiger partial charge in [0.05, 0.1) is 5.92 Å². The van der Waals surface area contributed by atoms with E-state index < -0.39 is 17.8 Å². The minimum atomic E-state index is -0.577. The number of aryl methyl sites for hydroxylation is 3. The largest absolute Gasteiger partial charge is 0.455 e. The number of carbonyl (C=O) groups is 3. The number of hydrogen-bond acceptors (Lipinski definition) is 4. The molecule has 0 spiro atoms. The van der Waals surface area contributed by atoms with E-state index in [2.05, 4.69) is 28.2 Å². The summed E-state index contributed by atoms with van der Waals surface area (Å²) in [5, 5.41) is 2.79. The van der Waals surface area contributed by atoms with Crippen molar-refractivity contribution in [3.05, 3.63) is 57.6 Å². The summed E-state index contributed by atoms with van der Waals surface area (Å²) in [5.41, 5.74) is 4.48. The third-order valence-electron chi connectivity index (χ3n) is 5.22. The fraction of sp³-hybridized carbons (Fsp3) is 0.348. The third-order valence-corrected chi connectivity index (χ3v) is 5.68. The van der Waals surface area contributed by atoms with Crippen LogP contribution in [0.3, 0.4) is 0 Å². The van der Waals surface area contributed by atoms with Crippen molar-refractivity contribution in [3.63, 3.8) is 0 Å². The first-order chi connectivity index (χ1) is 14.3. The van der Waals surface area contributed by atoms with Crippen LogP contribution in [0.5, 0.6) is 0 Å². The van der Waals surface area contributed by atoms with Gasteiger partial charge in [0.2, 0.25) is 5.91 Å². The molecule has 158 valence electrons. The maximum absolute atomic E-state index is 12.4. The normalized spacial score (nSPS) is 15.9. The van der Waals surface area contributed by atoms with E-state index in [0.717, 1.165) is 27.7 Å². The average molecular weight is 473 g/mol. The molecule has 1 aliphatic heterocycles. The lowest BCUT2D eigenvalue weighted by molar-refractivity contribution is -0.151. The molecular weight excluding hydrogens is 448 g/mol. The van der Waals surface area contributed by atoms with Crippen LogP contribution in [0.25, 0.3) is 0 Å². The summed E-state index contributed by atoms with van der Waals surface area (Å²) in [4.78, 5) is 38.6. The van der Waals surface area contributed by atoms with Gasteiger partial charge < -0.3 is 15.0 Å². The maximum Gasteiger partial charge on any atom is 0.311 e. The number of benzene rings is 2. The molecule has 1 fully saturated rings. The van der Waals surface area contributed by atoms with E-state index in [4.69, 9.17) is 4.74 Å². The smallest absolute Gasteiger partial charge is 0.311 e. The van der Waals surface area contributed by atoms with Gasteiger partial charge in [-0.05, 0) is 61.2 Å². The van der Waals surface area contributed by atoms with Gasteiger partial charge in [-0.1, -0.05) is 35.0 Å². The van der Waals surface area contributed by atoms with Gasteiger partial charge in [-0.3, -0.25) is 14.4 Å². The van der Waals surface area contributed by atoms with E-state index in [1.54, 1.807) is 4.90 Å². The van der Waals surface area contributed by atoms with Crippen LogP contribution >= 0.6 is 15.9 Å². The molecule has 1 heterocycles. The average Bonchev–Trinajstić information content (AvgIpc) is 3.10. The molecule has 0 aliphatic carbocycles. The predicted molar refractivity (Wildman–Crippen MR) is 119 cm³/mol. The molecule has 0 radical (unpaired) electrons. The Morgan fingerprint density at radius 2 is 1.80 bits per heavy atom. The van der Waals surface area contributed by atoms with Crippen LogP contribution in [0.15, 0.2) is 40.9 Å². The number of carbonyl (C=O) groups excluding carboxylic acids is 3. The molecule has 0 bridgehead atoms. The van der Waals surface area contributed by atoms with Gasteiger partial charge in [0.25, 0.3) is 5.91 Å². The van der Waals surface area contributed by atoms with Gasteiger partial charge in [-0.2, -0.15) is 0 Å². The number of nitrogens with zero attached hydrogens (tertiary/aromatic N) is 1. The predicted octanol–water partition coefficient (Wildman–Crippen LogP) is 4.16. The molecule has 0 unspecified atom stereocenters. The molecule has 30 heavy (non-hydrogen) atoms. The number of amides is 2. The van der Waals surface area contributed by atoms with E-state index >= 15 is 0 Å². The van der Waals surface area contributed by atoms with Crippen LogP contribution < -0.4 is 10.2 Å². The standard InChI is InChI=1S/C23H25BrN2O4/c1-4-16-5-7-19(8-6-16)26-12-17(11-21(26)28)23(29)30-13-20(27)25-22-14(2)9-18(24)10-15(22)3/h5-10,17H,4,11-13H2,1-3H3,(H,25,27)/t17-/m1/s1. The number of esters is 1. The number of nitrogens with one attached hydrogen (secondary N) is 1. The maximum atomic E-state index is 12.4. The number of hydrogen-bond donors (Lipinski definition) is 1. The zero-order chi connectivity index (χ0) is 21.8. The highest BCUT2D eigenvalue weighted by atomic mass is 79.9. The molecule has 2 aromatic rings. The Bertz CT molecular complexity index is 949. The lowest BCUT2D eigenvalue weighted by Gasteiger charge is -2.17. The molecule has 1 N–H and O–H groups in total. The van der Waals surface area contributed by atoms with Gasteiger partial charge in [-0.25, -0.2) is 0 Å². The fourth-order valence-electron chi connectivity index (χ4n) is 3.56. The van der Waals surface area contributed by atoms with E-state index in [1.165, 1.54) is 5.56 Å². The second kappa shape index (κ2) is 9.43. The van der Waals surface area contributed by atoms with Crippen molar-refractivity contribution in [1.82, 2.24) is 0 Å². The summed E-state index contributed by atoms with van der Waals surface area (Å²) in [6.07, 6.45) is 1.01. The molecule has 3 rings (SSSR count). The number of halogens is 1. The monoisotopic (exact) mass is 472 g/mol. The highest BCUT2D eigenvalue weighted by Crippen LogP contribution is 2.27. The molecule has 1 atom stereocenters. The van der Waals surface area contributed by atoms with Crippen LogP contribution in [0.2, 0.25) is 0 Å². The molecule has 0 aromatic heterocycles. The van der Waals surface area contributed by atoms with Crippen molar-refractivity contribution in [2.45, 2.75) is 33.6 Å². The Morgan fingerprint density at radius 3 is 2.40 bits per heavy atom. The SMILES string of the molecule is CCc1ccc(N2C[C@H](C(=O)OCC(=O)Nc3c(C)cc(Br)cc3C)CC2=O)cc1. The van der Waals surface area contributed by atoms with Gasteiger partial charge in [0, 0.05) is 28.8 Å². The number of anilines is 2. The van der Waals surface area contributed by atoms with Crippen LogP contribution in [0, 0.1) is 19.8 Å². The molecule has 7 heteroatoms. The summed E-state index contributed by atoms with van der Waals surface area (Å²) in [7, 11) is 0. The number of rotatable bonds is 6. The van der Waals surface area contributed by atoms with Crippen LogP contribution in [0.4, 0.5) is 11.4 Å². The Kier molecular flexibility index (Phi) is 6.92. The van der Waals surface area contributed by atoms with Crippen LogP contribution in [-0.2, 0) is 25.5 Å². The Labute approximate surface area is 184 Å². The Hall–Kier alpha value is -2.67. The molecule has 6 nitrogen and oxygen atoms in total. The van der Waals surface area contributed by atoms with Crippen molar-refractivity contribution in [2.75, 3.05) is 23.4 Å². The summed E-state index contributed by atoms with van der Waals surface area (Å²) < 4.78 is 6.13.